The average Bonchev–Trinajstić information content (AvgIpc) is 2.58. The monoisotopic (exact) mass is 334 g/mol. The fraction of sp³-hybridized carbons (Fsp3) is 0.438. The molecule has 0 radical (unpaired) electrons. The number of morpholine rings is 1. The quantitative estimate of drug-likeness (QED) is 0.840. The van der Waals surface area contributed by atoms with Crippen molar-refractivity contribution >= 4 is 23.5 Å². The summed E-state index contributed by atoms with van der Waals surface area (Å²) >= 11 is 0. The number of carboxylic acids is 1. The SMILES string of the molecule is O=C(O)C[C@H]1Oc2ccccc2N(CC(=O)N2CCOCC2)C1=O. The van der Waals surface area contributed by atoms with Gasteiger partial charge in [0.15, 0.2) is 6.10 Å². The number of benzene rings is 1. The minimum absolute atomic E-state index is 0.144. The summed E-state index contributed by atoms with van der Waals surface area (Å²) in [4.78, 5) is 39.0. The molecule has 2 aliphatic rings. The molecule has 0 aromatic heterocycles. The topological polar surface area (TPSA) is 96.4 Å². The summed E-state index contributed by atoms with van der Waals surface area (Å²) in [5.74, 6) is -1.44. The smallest absolute Gasteiger partial charge is 0.307 e. The molecule has 1 atom stereocenters. The third-order valence-electron chi connectivity index (χ3n) is 3.98. The van der Waals surface area contributed by atoms with E-state index in [0.717, 1.165) is 0 Å². The maximum absolute atomic E-state index is 12.6. The van der Waals surface area contributed by atoms with Crippen LogP contribution in [0.5, 0.6) is 5.75 Å². The standard InChI is InChI=1S/C16H18N2O6/c19-14(17-5-7-23-8-6-17)10-18-11-3-1-2-4-12(11)24-13(16(18)22)9-15(20)21/h1-4,13H,5-10H2,(H,20,21)/t13-/m1/s1. The first kappa shape index (κ1) is 16.3. The molecule has 1 N–H and O–H groups in total. The van der Waals surface area contributed by atoms with Crippen LogP contribution in [-0.4, -0.2) is 66.7 Å². The zero-order valence-electron chi connectivity index (χ0n) is 13.0. The van der Waals surface area contributed by atoms with Crippen LogP contribution in [0.1, 0.15) is 6.42 Å². The minimum atomic E-state index is -1.13. The van der Waals surface area contributed by atoms with Crippen LogP contribution in [0.2, 0.25) is 0 Å². The largest absolute Gasteiger partial charge is 0.481 e. The van der Waals surface area contributed by atoms with Crippen molar-refractivity contribution in [1.29, 1.82) is 0 Å². The number of carbonyl (C=O) groups is 3. The molecule has 2 heterocycles. The van der Waals surface area contributed by atoms with Gasteiger partial charge in [-0.2, -0.15) is 0 Å². The van der Waals surface area contributed by atoms with Crippen LogP contribution < -0.4 is 9.64 Å². The number of aliphatic carboxylic acids is 1. The van der Waals surface area contributed by atoms with Gasteiger partial charge in [-0.25, -0.2) is 0 Å². The first-order valence-electron chi connectivity index (χ1n) is 7.70. The molecule has 3 rings (SSSR count). The van der Waals surface area contributed by atoms with Gasteiger partial charge in [0.05, 0.1) is 25.3 Å². The molecule has 0 bridgehead atoms. The van der Waals surface area contributed by atoms with Crippen molar-refractivity contribution in [3.63, 3.8) is 0 Å². The van der Waals surface area contributed by atoms with E-state index < -0.39 is 24.4 Å². The van der Waals surface area contributed by atoms with Crippen molar-refractivity contribution in [3.8, 4) is 5.75 Å². The molecule has 1 fully saturated rings. The van der Waals surface area contributed by atoms with Crippen LogP contribution in [0.4, 0.5) is 5.69 Å². The zero-order chi connectivity index (χ0) is 17.1. The van der Waals surface area contributed by atoms with E-state index in [-0.39, 0.29) is 12.5 Å². The molecule has 8 heteroatoms. The van der Waals surface area contributed by atoms with Crippen molar-refractivity contribution in [2.75, 3.05) is 37.7 Å². The summed E-state index contributed by atoms with van der Waals surface area (Å²) in [6, 6.07) is 6.80. The average molecular weight is 334 g/mol. The second-order valence-electron chi connectivity index (χ2n) is 5.59. The Morgan fingerprint density at radius 3 is 2.62 bits per heavy atom. The molecular weight excluding hydrogens is 316 g/mol. The molecule has 0 spiro atoms. The highest BCUT2D eigenvalue weighted by molar-refractivity contribution is 6.04. The Kier molecular flexibility index (Phi) is 4.66. The van der Waals surface area contributed by atoms with Gasteiger partial charge in [0, 0.05) is 13.1 Å². The van der Waals surface area contributed by atoms with Gasteiger partial charge in [0.1, 0.15) is 12.3 Å². The molecule has 2 amide bonds. The number of nitrogens with zero attached hydrogens (tertiary/aromatic N) is 2. The fourth-order valence-electron chi connectivity index (χ4n) is 2.77. The Labute approximate surface area is 138 Å². The van der Waals surface area contributed by atoms with Crippen molar-refractivity contribution < 1.29 is 29.0 Å². The van der Waals surface area contributed by atoms with Crippen LogP contribution in [0.25, 0.3) is 0 Å². The van der Waals surface area contributed by atoms with E-state index >= 15 is 0 Å². The second kappa shape index (κ2) is 6.88. The highest BCUT2D eigenvalue weighted by atomic mass is 16.5. The van der Waals surface area contributed by atoms with Crippen molar-refractivity contribution in [2.24, 2.45) is 0 Å². The third-order valence-corrected chi connectivity index (χ3v) is 3.98. The molecular formula is C16H18N2O6. The van der Waals surface area contributed by atoms with E-state index in [9.17, 15) is 14.4 Å². The van der Waals surface area contributed by atoms with Crippen molar-refractivity contribution in [2.45, 2.75) is 12.5 Å². The lowest BCUT2D eigenvalue weighted by atomic mass is 10.1. The maximum atomic E-state index is 12.6. The molecule has 128 valence electrons. The highest BCUT2D eigenvalue weighted by Gasteiger charge is 2.37. The molecule has 2 aliphatic heterocycles. The van der Waals surface area contributed by atoms with Gasteiger partial charge in [-0.1, -0.05) is 12.1 Å². The number of carbonyl (C=O) groups excluding carboxylic acids is 2. The van der Waals surface area contributed by atoms with Crippen molar-refractivity contribution in [3.05, 3.63) is 24.3 Å². The van der Waals surface area contributed by atoms with Gasteiger partial charge in [-0.15, -0.1) is 0 Å². The van der Waals surface area contributed by atoms with E-state index in [4.69, 9.17) is 14.6 Å². The van der Waals surface area contributed by atoms with Gasteiger partial charge < -0.3 is 19.5 Å². The van der Waals surface area contributed by atoms with Crippen LogP contribution in [0.3, 0.4) is 0 Å². The van der Waals surface area contributed by atoms with Gasteiger partial charge in [0.25, 0.3) is 5.91 Å². The Bertz CT molecular complexity index is 656. The van der Waals surface area contributed by atoms with E-state index in [1.54, 1.807) is 29.2 Å². The number of amides is 2. The number of anilines is 1. The lowest BCUT2D eigenvalue weighted by Crippen LogP contribution is -2.52. The third kappa shape index (κ3) is 3.33. The summed E-state index contributed by atoms with van der Waals surface area (Å²) < 4.78 is 10.7. The fourth-order valence-corrected chi connectivity index (χ4v) is 2.77. The number of para-hydroxylation sites is 2. The molecule has 24 heavy (non-hydrogen) atoms. The van der Waals surface area contributed by atoms with Crippen LogP contribution >= 0.6 is 0 Å². The van der Waals surface area contributed by atoms with Gasteiger partial charge >= 0.3 is 5.97 Å². The molecule has 1 saturated heterocycles. The normalized spacial score (nSPS) is 20.3. The summed E-state index contributed by atoms with van der Waals surface area (Å²) in [5.41, 5.74) is 0.478. The van der Waals surface area contributed by atoms with Crippen molar-refractivity contribution in [1.82, 2.24) is 4.90 Å². The molecule has 0 saturated carbocycles. The lowest BCUT2D eigenvalue weighted by molar-refractivity contribution is -0.143. The molecule has 0 aliphatic carbocycles. The zero-order valence-corrected chi connectivity index (χ0v) is 13.0. The molecule has 8 nitrogen and oxygen atoms in total. The molecule has 1 aromatic carbocycles. The van der Waals surface area contributed by atoms with Gasteiger partial charge in [-0.05, 0) is 12.1 Å². The minimum Gasteiger partial charge on any atom is -0.481 e. The Balaban J connectivity index is 1.82. The summed E-state index contributed by atoms with van der Waals surface area (Å²) in [6.45, 7) is 1.77. The maximum Gasteiger partial charge on any atom is 0.307 e. The second-order valence-corrected chi connectivity index (χ2v) is 5.59. The number of ether oxygens (including phenoxy) is 2. The van der Waals surface area contributed by atoms with E-state index in [1.165, 1.54) is 4.90 Å². The predicted molar refractivity (Wildman–Crippen MR) is 82.9 cm³/mol. The first-order valence-corrected chi connectivity index (χ1v) is 7.70. The summed E-state index contributed by atoms with van der Waals surface area (Å²) in [5, 5.41) is 8.96. The first-order chi connectivity index (χ1) is 11.6. The van der Waals surface area contributed by atoms with E-state index in [2.05, 4.69) is 0 Å². The highest BCUT2D eigenvalue weighted by Crippen LogP contribution is 2.34. The Hall–Kier alpha value is -2.61. The lowest BCUT2D eigenvalue weighted by Gasteiger charge is -2.35. The number of carboxylic acid groups (broad SMARTS) is 1. The van der Waals surface area contributed by atoms with Gasteiger partial charge in [-0.3, -0.25) is 19.3 Å². The van der Waals surface area contributed by atoms with Crippen LogP contribution in [-0.2, 0) is 19.1 Å². The summed E-state index contributed by atoms with van der Waals surface area (Å²) in [7, 11) is 0. The number of fused-ring (bicyclic) bond motifs is 1. The Morgan fingerprint density at radius 2 is 1.92 bits per heavy atom. The van der Waals surface area contributed by atoms with Gasteiger partial charge in [0.2, 0.25) is 5.91 Å². The predicted octanol–water partition coefficient (Wildman–Crippen LogP) is 0.114. The van der Waals surface area contributed by atoms with E-state index in [0.29, 0.717) is 37.7 Å². The van der Waals surface area contributed by atoms with Crippen LogP contribution in [0, 0.1) is 0 Å². The summed E-state index contributed by atoms with van der Waals surface area (Å²) in [6.07, 6.45) is -1.58. The Morgan fingerprint density at radius 1 is 1.21 bits per heavy atom. The van der Waals surface area contributed by atoms with E-state index in [1.807, 2.05) is 0 Å². The molecule has 0 unspecified atom stereocenters. The molecule has 1 aromatic rings. The van der Waals surface area contributed by atoms with Crippen LogP contribution in [0.15, 0.2) is 24.3 Å². The number of hydrogen-bond acceptors (Lipinski definition) is 5. The number of hydrogen-bond donors (Lipinski definition) is 1. The number of rotatable bonds is 4.